The second kappa shape index (κ2) is 4.95. The van der Waals surface area contributed by atoms with Gasteiger partial charge in [-0.05, 0) is 11.5 Å². The zero-order valence-corrected chi connectivity index (χ0v) is 11.4. The molecule has 1 N–H and O–H groups in total. The summed E-state index contributed by atoms with van der Waals surface area (Å²) in [7, 11) is -1.50. The van der Waals surface area contributed by atoms with Crippen LogP contribution >= 0.6 is 0 Å². The predicted molar refractivity (Wildman–Crippen MR) is 64.6 cm³/mol. The summed E-state index contributed by atoms with van der Waals surface area (Å²) in [4.78, 5) is 3.56. The summed E-state index contributed by atoms with van der Waals surface area (Å²) >= 11 is 0. The zero-order valence-electron chi connectivity index (χ0n) is 10.4. The molecule has 2 nitrogen and oxygen atoms in total. The minimum absolute atomic E-state index is 0.0425. The Labute approximate surface area is 89.8 Å². The lowest BCUT2D eigenvalue weighted by molar-refractivity contribution is 0.615. The van der Waals surface area contributed by atoms with E-state index in [0.717, 1.165) is 12.8 Å². The van der Waals surface area contributed by atoms with Gasteiger partial charge in [-0.25, -0.2) is 0 Å². The average molecular weight is 212 g/mol. The number of hydrogen-bond donors (Lipinski definition) is 1. The van der Waals surface area contributed by atoms with Gasteiger partial charge in [0.2, 0.25) is 0 Å². The molecule has 0 aromatic carbocycles. The van der Waals surface area contributed by atoms with Crippen LogP contribution in [-0.2, 0) is 0 Å². The maximum atomic E-state index is 9.00. The van der Waals surface area contributed by atoms with E-state index in [0.29, 0.717) is 5.04 Å². The van der Waals surface area contributed by atoms with Gasteiger partial charge in [-0.1, -0.05) is 47.2 Å². The van der Waals surface area contributed by atoms with Gasteiger partial charge in [0, 0.05) is 0 Å². The lowest BCUT2D eigenvalue weighted by Crippen LogP contribution is -2.55. The molecule has 0 amide bonds. The van der Waals surface area contributed by atoms with Gasteiger partial charge in [0.25, 0.3) is 0 Å². The molecule has 0 heterocycles. The number of nitrogens with zero attached hydrogens (tertiary/aromatic N) is 1. The summed E-state index contributed by atoms with van der Waals surface area (Å²) in [6.45, 7) is 13.5. The Morgan fingerprint density at radius 1 is 1.36 bits per heavy atom. The first kappa shape index (κ1) is 13.7. The van der Waals surface area contributed by atoms with Gasteiger partial charge in [-0.2, -0.15) is 5.26 Å². The van der Waals surface area contributed by atoms with Crippen LogP contribution in [0.2, 0.25) is 18.1 Å². The van der Waals surface area contributed by atoms with E-state index in [1.165, 1.54) is 0 Å². The standard InChI is InChI=1S/C11H24N2Si/c1-7-8-10(9-12)13-14(5,6)11(2,3)4/h10,13H,7-8H2,1-6H3. The second-order valence-electron chi connectivity index (χ2n) is 5.49. The van der Waals surface area contributed by atoms with Crippen molar-refractivity contribution in [1.29, 1.82) is 5.26 Å². The summed E-state index contributed by atoms with van der Waals surface area (Å²) in [5.41, 5.74) is 0. The van der Waals surface area contributed by atoms with Gasteiger partial charge in [-0.3, -0.25) is 0 Å². The van der Waals surface area contributed by atoms with Gasteiger partial charge in [0.15, 0.2) is 0 Å². The highest BCUT2D eigenvalue weighted by atomic mass is 28.3. The van der Waals surface area contributed by atoms with E-state index in [1.807, 2.05) is 0 Å². The van der Waals surface area contributed by atoms with E-state index in [1.54, 1.807) is 0 Å². The Hall–Kier alpha value is -0.333. The summed E-state index contributed by atoms with van der Waals surface area (Å²) in [5.74, 6) is 0. The van der Waals surface area contributed by atoms with Crippen LogP contribution < -0.4 is 4.98 Å². The molecule has 0 spiro atoms. The van der Waals surface area contributed by atoms with Crippen LogP contribution in [0.5, 0.6) is 0 Å². The number of nitriles is 1. The molecule has 0 fully saturated rings. The number of hydrogen-bond acceptors (Lipinski definition) is 2. The van der Waals surface area contributed by atoms with E-state index in [2.05, 4.69) is 51.8 Å². The monoisotopic (exact) mass is 212 g/mol. The van der Waals surface area contributed by atoms with Crippen molar-refractivity contribution in [3.8, 4) is 6.07 Å². The molecule has 0 bridgehead atoms. The summed E-state index contributed by atoms with van der Waals surface area (Å²) in [6, 6.07) is 2.40. The van der Waals surface area contributed by atoms with Crippen LogP contribution in [0.15, 0.2) is 0 Å². The molecule has 0 aliphatic heterocycles. The minimum atomic E-state index is -1.50. The van der Waals surface area contributed by atoms with Crippen molar-refractivity contribution in [3.05, 3.63) is 0 Å². The lowest BCUT2D eigenvalue weighted by Gasteiger charge is -2.39. The van der Waals surface area contributed by atoms with Crippen molar-refractivity contribution < 1.29 is 0 Å². The van der Waals surface area contributed by atoms with Crippen LogP contribution in [0.1, 0.15) is 40.5 Å². The highest BCUT2D eigenvalue weighted by Crippen LogP contribution is 2.34. The minimum Gasteiger partial charge on any atom is -0.322 e. The predicted octanol–water partition coefficient (Wildman–Crippen LogP) is 3.27. The molecule has 0 saturated carbocycles. The Morgan fingerprint density at radius 3 is 2.14 bits per heavy atom. The molecule has 14 heavy (non-hydrogen) atoms. The van der Waals surface area contributed by atoms with Crippen molar-refractivity contribution in [2.24, 2.45) is 0 Å². The fourth-order valence-corrected chi connectivity index (χ4v) is 2.62. The van der Waals surface area contributed by atoms with Crippen LogP contribution in [0.25, 0.3) is 0 Å². The van der Waals surface area contributed by atoms with E-state index in [-0.39, 0.29) is 6.04 Å². The molecule has 0 aromatic heterocycles. The third-order valence-corrected chi connectivity index (χ3v) is 7.96. The van der Waals surface area contributed by atoms with Crippen LogP contribution in [-0.4, -0.2) is 14.3 Å². The third kappa shape index (κ3) is 3.81. The van der Waals surface area contributed by atoms with E-state index in [4.69, 9.17) is 5.26 Å². The highest BCUT2D eigenvalue weighted by Gasteiger charge is 2.36. The zero-order chi connectivity index (χ0) is 11.4. The Kier molecular flexibility index (Phi) is 4.83. The third-order valence-electron chi connectivity index (χ3n) is 3.14. The van der Waals surface area contributed by atoms with Crippen LogP contribution in [0, 0.1) is 11.3 Å². The van der Waals surface area contributed by atoms with Gasteiger partial charge in [0.05, 0.1) is 12.1 Å². The summed E-state index contributed by atoms with van der Waals surface area (Å²) in [6.07, 6.45) is 2.03. The summed E-state index contributed by atoms with van der Waals surface area (Å²) < 4.78 is 0. The lowest BCUT2D eigenvalue weighted by atomic mass is 10.2. The maximum Gasteiger partial charge on any atom is 0.125 e. The Balaban J connectivity index is 4.42. The van der Waals surface area contributed by atoms with Crippen molar-refractivity contribution >= 4 is 8.24 Å². The first-order chi connectivity index (χ1) is 6.24. The SMILES string of the molecule is CCCC(C#N)N[Si](C)(C)C(C)(C)C. The average Bonchev–Trinajstić information content (AvgIpc) is 2.01. The normalized spacial score (nSPS) is 14.9. The van der Waals surface area contributed by atoms with E-state index < -0.39 is 8.24 Å². The Morgan fingerprint density at radius 2 is 1.86 bits per heavy atom. The van der Waals surface area contributed by atoms with Gasteiger partial charge >= 0.3 is 0 Å². The molecule has 82 valence electrons. The van der Waals surface area contributed by atoms with Crippen LogP contribution in [0.3, 0.4) is 0 Å². The number of nitrogens with one attached hydrogen (secondary N) is 1. The Bertz CT molecular complexity index is 210. The van der Waals surface area contributed by atoms with Crippen molar-refractivity contribution in [1.82, 2.24) is 4.98 Å². The van der Waals surface area contributed by atoms with Crippen molar-refractivity contribution in [2.75, 3.05) is 0 Å². The molecule has 0 aliphatic carbocycles. The first-order valence-electron chi connectivity index (χ1n) is 5.42. The summed E-state index contributed by atoms with van der Waals surface area (Å²) in [5, 5.41) is 9.30. The van der Waals surface area contributed by atoms with Crippen molar-refractivity contribution in [2.45, 2.75) is 64.7 Å². The fourth-order valence-electron chi connectivity index (χ4n) is 1.11. The molecular weight excluding hydrogens is 188 g/mol. The molecule has 1 unspecified atom stereocenters. The second-order valence-corrected chi connectivity index (χ2v) is 10.5. The molecule has 0 aliphatic rings. The number of rotatable bonds is 4. The van der Waals surface area contributed by atoms with Crippen molar-refractivity contribution in [3.63, 3.8) is 0 Å². The topological polar surface area (TPSA) is 35.8 Å². The van der Waals surface area contributed by atoms with Gasteiger partial charge < -0.3 is 4.98 Å². The van der Waals surface area contributed by atoms with Gasteiger partial charge in [0.1, 0.15) is 8.24 Å². The highest BCUT2D eigenvalue weighted by molar-refractivity contribution is 6.77. The van der Waals surface area contributed by atoms with E-state index >= 15 is 0 Å². The first-order valence-corrected chi connectivity index (χ1v) is 8.42. The van der Waals surface area contributed by atoms with E-state index in [9.17, 15) is 0 Å². The molecule has 0 radical (unpaired) electrons. The molecule has 1 atom stereocenters. The molecule has 3 heteroatoms. The molecule has 0 aromatic rings. The molecular formula is C11H24N2Si. The molecule has 0 rings (SSSR count). The van der Waals surface area contributed by atoms with Gasteiger partial charge in [-0.15, -0.1) is 0 Å². The fraction of sp³-hybridized carbons (Fsp3) is 0.909. The largest absolute Gasteiger partial charge is 0.322 e. The molecule has 0 saturated heterocycles. The van der Waals surface area contributed by atoms with Crippen LogP contribution in [0.4, 0.5) is 0 Å². The maximum absolute atomic E-state index is 9.00. The quantitative estimate of drug-likeness (QED) is 0.726. The smallest absolute Gasteiger partial charge is 0.125 e.